The van der Waals surface area contributed by atoms with Crippen LogP contribution in [0.3, 0.4) is 0 Å². The van der Waals surface area contributed by atoms with Gasteiger partial charge in [-0.15, -0.1) is 0 Å². The van der Waals surface area contributed by atoms with Gasteiger partial charge in [-0.3, -0.25) is 0 Å². The maximum absolute atomic E-state index is 12.5. The van der Waals surface area contributed by atoms with Gasteiger partial charge < -0.3 is 4.74 Å². The van der Waals surface area contributed by atoms with Crippen LogP contribution in [0.2, 0.25) is 0 Å². The Morgan fingerprint density at radius 2 is 1.38 bits per heavy atom. The van der Waals surface area contributed by atoms with Crippen molar-refractivity contribution in [3.05, 3.63) is 12.7 Å². The van der Waals surface area contributed by atoms with Gasteiger partial charge in [0.15, 0.2) is 4.58 Å². The molecular formula is C10H12F6O6S2. The second-order valence-corrected chi connectivity index (χ2v) is 8.98. The van der Waals surface area contributed by atoms with Crippen molar-refractivity contribution in [1.82, 2.24) is 0 Å². The topological polar surface area (TPSA) is 94.6 Å². The van der Waals surface area contributed by atoms with Crippen LogP contribution in [0.15, 0.2) is 12.7 Å². The fourth-order valence-corrected chi connectivity index (χ4v) is 4.93. The van der Waals surface area contributed by atoms with Crippen molar-refractivity contribution in [2.45, 2.75) is 41.5 Å². The zero-order valence-electron chi connectivity index (χ0n) is 11.9. The van der Waals surface area contributed by atoms with Gasteiger partial charge in [0.1, 0.15) is 0 Å². The van der Waals surface area contributed by atoms with Gasteiger partial charge in [0.05, 0.1) is 6.10 Å². The SMILES string of the molecule is C=CC(=O)OC(C)CCC(S(=O)(=O)C(F)(F)F)S(=O)(=O)C(F)(F)F. The smallest absolute Gasteiger partial charge is 0.460 e. The number of carbonyl (C=O) groups excluding carboxylic acids is 1. The van der Waals surface area contributed by atoms with E-state index in [0.717, 1.165) is 6.92 Å². The molecule has 1 atom stereocenters. The third kappa shape index (κ3) is 5.09. The Hall–Kier alpha value is -1.31. The molecule has 0 aliphatic rings. The lowest BCUT2D eigenvalue weighted by Gasteiger charge is -2.22. The maximum atomic E-state index is 12.5. The number of ether oxygens (including phenoxy) is 1. The Balaban J connectivity index is 5.71. The van der Waals surface area contributed by atoms with Gasteiger partial charge in [0.2, 0.25) is 0 Å². The standard InChI is InChI=1S/C10H12F6O6S2/c1-3-7(17)22-6(2)4-5-8(23(18,19)9(11,12)13)24(20,21)10(14,15)16/h3,6,8H,1,4-5H2,2H3. The zero-order valence-corrected chi connectivity index (χ0v) is 13.5. The highest BCUT2D eigenvalue weighted by Gasteiger charge is 2.62. The van der Waals surface area contributed by atoms with E-state index in [1.165, 1.54) is 0 Å². The Morgan fingerprint density at radius 3 is 1.67 bits per heavy atom. The predicted molar refractivity (Wildman–Crippen MR) is 68.7 cm³/mol. The number of carbonyl (C=O) groups is 1. The molecule has 0 aliphatic heterocycles. The highest BCUT2D eigenvalue weighted by atomic mass is 32.3. The second kappa shape index (κ2) is 7.29. The van der Waals surface area contributed by atoms with E-state index in [1.807, 2.05) is 0 Å². The largest absolute Gasteiger partial charge is 0.498 e. The first-order chi connectivity index (χ1) is 10.5. The minimum Gasteiger partial charge on any atom is -0.460 e. The van der Waals surface area contributed by atoms with Crippen molar-refractivity contribution in [1.29, 1.82) is 0 Å². The molecule has 0 aromatic carbocycles. The van der Waals surface area contributed by atoms with E-state index >= 15 is 0 Å². The van der Waals surface area contributed by atoms with E-state index in [9.17, 15) is 48.0 Å². The monoisotopic (exact) mass is 406 g/mol. The summed E-state index contributed by atoms with van der Waals surface area (Å²) in [4.78, 5) is 10.8. The molecule has 0 radical (unpaired) electrons. The maximum Gasteiger partial charge on any atom is 0.498 e. The fourth-order valence-electron chi connectivity index (χ4n) is 1.45. The van der Waals surface area contributed by atoms with Crippen LogP contribution in [0.25, 0.3) is 0 Å². The third-order valence-corrected chi connectivity index (χ3v) is 7.30. The molecule has 1 unspecified atom stereocenters. The number of hydrogen-bond donors (Lipinski definition) is 0. The van der Waals surface area contributed by atoms with E-state index in [-0.39, 0.29) is 0 Å². The van der Waals surface area contributed by atoms with Crippen molar-refractivity contribution in [3.63, 3.8) is 0 Å². The average molecular weight is 406 g/mol. The molecule has 0 heterocycles. The van der Waals surface area contributed by atoms with E-state index in [2.05, 4.69) is 11.3 Å². The molecule has 0 N–H and O–H groups in total. The molecule has 0 aliphatic carbocycles. The minimum absolute atomic E-state index is 0.646. The fraction of sp³-hybridized carbons (Fsp3) is 0.700. The Morgan fingerprint density at radius 1 is 1.00 bits per heavy atom. The molecule has 0 aromatic heterocycles. The van der Waals surface area contributed by atoms with Gasteiger partial charge in [-0.25, -0.2) is 21.6 Å². The lowest BCUT2D eigenvalue weighted by atomic mass is 10.2. The summed E-state index contributed by atoms with van der Waals surface area (Å²) in [6.45, 7) is 4.01. The van der Waals surface area contributed by atoms with E-state index in [4.69, 9.17) is 0 Å². The molecule has 0 fully saturated rings. The van der Waals surface area contributed by atoms with Gasteiger partial charge in [0, 0.05) is 6.08 Å². The highest BCUT2D eigenvalue weighted by molar-refractivity contribution is 8.09. The molecule has 0 aromatic rings. The zero-order chi connectivity index (χ0) is 19.6. The van der Waals surface area contributed by atoms with Gasteiger partial charge >= 0.3 is 17.0 Å². The number of rotatable bonds is 7. The summed E-state index contributed by atoms with van der Waals surface area (Å²) < 4.78 is 120. The van der Waals surface area contributed by atoms with E-state index in [0.29, 0.717) is 6.08 Å². The van der Waals surface area contributed by atoms with Crippen LogP contribution in [-0.4, -0.2) is 44.5 Å². The van der Waals surface area contributed by atoms with Crippen LogP contribution in [-0.2, 0) is 29.2 Å². The summed E-state index contributed by atoms with van der Waals surface area (Å²) in [5, 5.41) is 0. The van der Waals surface area contributed by atoms with Gasteiger partial charge in [-0.1, -0.05) is 6.58 Å². The first-order valence-electron chi connectivity index (χ1n) is 5.91. The molecule has 0 rings (SSSR count). The second-order valence-electron chi connectivity index (χ2n) is 4.44. The first-order valence-corrected chi connectivity index (χ1v) is 9.01. The average Bonchev–Trinajstić information content (AvgIpc) is 2.35. The van der Waals surface area contributed by atoms with Crippen molar-refractivity contribution >= 4 is 25.6 Å². The molecule has 6 nitrogen and oxygen atoms in total. The number of hydrogen-bond acceptors (Lipinski definition) is 6. The van der Waals surface area contributed by atoms with Gasteiger partial charge in [-0.2, -0.15) is 26.3 Å². The molecule has 0 saturated carbocycles. The summed E-state index contributed by atoms with van der Waals surface area (Å²) in [6.07, 6.45) is -3.15. The van der Waals surface area contributed by atoms with Crippen molar-refractivity contribution in [2.75, 3.05) is 0 Å². The normalized spacial score (nSPS) is 15.2. The Bertz CT molecular complexity index is 632. The molecule has 0 saturated heterocycles. The van der Waals surface area contributed by atoms with Crippen LogP contribution in [0.4, 0.5) is 26.3 Å². The minimum atomic E-state index is -6.68. The molecule has 14 heteroatoms. The van der Waals surface area contributed by atoms with E-state index in [1.54, 1.807) is 0 Å². The van der Waals surface area contributed by atoms with Crippen LogP contribution < -0.4 is 0 Å². The van der Waals surface area contributed by atoms with E-state index < -0.39 is 60.2 Å². The third-order valence-electron chi connectivity index (χ3n) is 2.63. The Labute approximate surface area is 133 Å². The molecule has 24 heavy (non-hydrogen) atoms. The predicted octanol–water partition coefficient (Wildman–Crippen LogP) is 2.08. The molecular weight excluding hydrogens is 394 g/mol. The molecule has 142 valence electrons. The Kier molecular flexibility index (Phi) is 6.89. The number of alkyl halides is 6. The lowest BCUT2D eigenvalue weighted by Crippen LogP contribution is -2.45. The van der Waals surface area contributed by atoms with Crippen LogP contribution in [0.1, 0.15) is 19.8 Å². The van der Waals surface area contributed by atoms with Crippen LogP contribution >= 0.6 is 0 Å². The number of sulfone groups is 2. The van der Waals surface area contributed by atoms with Crippen molar-refractivity contribution in [3.8, 4) is 0 Å². The summed E-state index contributed by atoms with van der Waals surface area (Å²) >= 11 is 0. The summed E-state index contributed by atoms with van der Waals surface area (Å²) in [5.41, 5.74) is -12.4. The highest BCUT2D eigenvalue weighted by Crippen LogP contribution is 2.38. The van der Waals surface area contributed by atoms with Crippen molar-refractivity contribution in [2.24, 2.45) is 0 Å². The van der Waals surface area contributed by atoms with Crippen LogP contribution in [0, 0.1) is 0 Å². The molecule has 0 bridgehead atoms. The molecule has 0 amide bonds. The van der Waals surface area contributed by atoms with Crippen LogP contribution in [0.5, 0.6) is 0 Å². The first kappa shape index (κ1) is 22.7. The quantitative estimate of drug-likeness (QED) is 0.365. The summed E-state index contributed by atoms with van der Waals surface area (Å²) in [7, 11) is -13.4. The lowest BCUT2D eigenvalue weighted by molar-refractivity contribution is -0.142. The summed E-state index contributed by atoms with van der Waals surface area (Å²) in [6, 6.07) is 0. The number of halogens is 6. The summed E-state index contributed by atoms with van der Waals surface area (Å²) in [5.74, 6) is -1.07. The number of esters is 1. The van der Waals surface area contributed by atoms with Gasteiger partial charge in [0.25, 0.3) is 19.7 Å². The van der Waals surface area contributed by atoms with Crippen molar-refractivity contribution < 1.29 is 52.7 Å². The van der Waals surface area contributed by atoms with Gasteiger partial charge in [-0.05, 0) is 19.8 Å². The molecule has 0 spiro atoms.